The summed E-state index contributed by atoms with van der Waals surface area (Å²) in [6.07, 6.45) is 0. The molecular formula is C19H22N2O3S. The van der Waals surface area contributed by atoms with Crippen molar-refractivity contribution in [1.82, 2.24) is 0 Å². The van der Waals surface area contributed by atoms with Crippen molar-refractivity contribution in [3.8, 4) is 11.5 Å². The Hall–Kier alpha value is -2.34. The van der Waals surface area contributed by atoms with E-state index in [9.17, 15) is 4.79 Å². The van der Waals surface area contributed by atoms with Gasteiger partial charge in [-0.1, -0.05) is 0 Å². The zero-order chi connectivity index (χ0) is 17.8. The summed E-state index contributed by atoms with van der Waals surface area (Å²) in [5.74, 6) is 2.17. The SMILES string of the molecule is CCN1CCSc2ccc(C(=O)Nc3cc(OC)ccc3OC)cc21. The van der Waals surface area contributed by atoms with Crippen LogP contribution in [0.15, 0.2) is 41.3 Å². The summed E-state index contributed by atoms with van der Waals surface area (Å²) < 4.78 is 10.6. The van der Waals surface area contributed by atoms with Crippen molar-refractivity contribution in [2.24, 2.45) is 0 Å². The first kappa shape index (κ1) is 17.5. The molecule has 25 heavy (non-hydrogen) atoms. The molecule has 0 aromatic heterocycles. The quantitative estimate of drug-likeness (QED) is 0.879. The summed E-state index contributed by atoms with van der Waals surface area (Å²) in [5.41, 5.74) is 2.35. The molecule has 132 valence electrons. The fourth-order valence-corrected chi connectivity index (χ4v) is 3.88. The van der Waals surface area contributed by atoms with Gasteiger partial charge in [0.25, 0.3) is 5.91 Å². The molecule has 6 heteroatoms. The molecule has 1 N–H and O–H groups in total. The van der Waals surface area contributed by atoms with Crippen LogP contribution in [0.4, 0.5) is 11.4 Å². The summed E-state index contributed by atoms with van der Waals surface area (Å²) in [7, 11) is 3.17. The van der Waals surface area contributed by atoms with Gasteiger partial charge in [-0.3, -0.25) is 4.79 Å². The molecule has 1 heterocycles. The van der Waals surface area contributed by atoms with Gasteiger partial charge in [0.05, 0.1) is 25.6 Å². The highest BCUT2D eigenvalue weighted by atomic mass is 32.2. The Bertz CT molecular complexity index is 779. The van der Waals surface area contributed by atoms with Gasteiger partial charge in [-0.05, 0) is 37.3 Å². The Balaban J connectivity index is 1.87. The van der Waals surface area contributed by atoms with Gasteiger partial charge in [-0.2, -0.15) is 0 Å². The summed E-state index contributed by atoms with van der Waals surface area (Å²) in [5, 5.41) is 2.92. The smallest absolute Gasteiger partial charge is 0.255 e. The van der Waals surface area contributed by atoms with E-state index in [1.54, 1.807) is 32.4 Å². The summed E-state index contributed by atoms with van der Waals surface area (Å²) in [6, 6.07) is 11.2. The number of hydrogen-bond acceptors (Lipinski definition) is 5. The maximum atomic E-state index is 12.7. The van der Waals surface area contributed by atoms with Crippen LogP contribution in [0.25, 0.3) is 0 Å². The molecule has 3 rings (SSSR count). The van der Waals surface area contributed by atoms with Gasteiger partial charge in [0.1, 0.15) is 11.5 Å². The molecule has 0 atom stereocenters. The summed E-state index contributed by atoms with van der Waals surface area (Å²) in [4.78, 5) is 16.3. The maximum absolute atomic E-state index is 12.7. The number of anilines is 2. The van der Waals surface area contributed by atoms with E-state index in [4.69, 9.17) is 9.47 Å². The van der Waals surface area contributed by atoms with Crippen molar-refractivity contribution in [2.45, 2.75) is 11.8 Å². The van der Waals surface area contributed by atoms with E-state index in [-0.39, 0.29) is 5.91 Å². The third kappa shape index (κ3) is 3.69. The summed E-state index contributed by atoms with van der Waals surface area (Å²) in [6.45, 7) is 4.07. The third-order valence-electron chi connectivity index (χ3n) is 4.22. The molecule has 2 aromatic rings. The summed E-state index contributed by atoms with van der Waals surface area (Å²) >= 11 is 1.83. The number of amides is 1. The van der Waals surface area contributed by atoms with E-state index >= 15 is 0 Å². The number of carbonyl (C=O) groups is 1. The minimum absolute atomic E-state index is 0.166. The average Bonchev–Trinajstić information content (AvgIpc) is 2.66. The van der Waals surface area contributed by atoms with E-state index < -0.39 is 0 Å². The number of rotatable bonds is 5. The van der Waals surface area contributed by atoms with E-state index in [1.807, 2.05) is 30.0 Å². The number of hydrogen-bond donors (Lipinski definition) is 1. The Morgan fingerprint density at radius 3 is 2.76 bits per heavy atom. The van der Waals surface area contributed by atoms with Gasteiger partial charge in [0.15, 0.2) is 0 Å². The van der Waals surface area contributed by atoms with Crippen LogP contribution in [0.3, 0.4) is 0 Å². The molecule has 0 fully saturated rings. The van der Waals surface area contributed by atoms with Gasteiger partial charge < -0.3 is 19.7 Å². The highest BCUT2D eigenvalue weighted by Crippen LogP contribution is 2.36. The zero-order valence-corrected chi connectivity index (χ0v) is 15.5. The second-order valence-corrected chi connectivity index (χ2v) is 6.77. The van der Waals surface area contributed by atoms with Crippen LogP contribution in [-0.2, 0) is 0 Å². The molecule has 0 unspecified atom stereocenters. The van der Waals surface area contributed by atoms with Crippen LogP contribution in [0.5, 0.6) is 11.5 Å². The molecule has 0 bridgehead atoms. The first-order valence-electron chi connectivity index (χ1n) is 8.21. The second kappa shape index (κ2) is 7.70. The van der Waals surface area contributed by atoms with Gasteiger partial charge in [0.2, 0.25) is 0 Å². The maximum Gasteiger partial charge on any atom is 0.255 e. The molecular weight excluding hydrogens is 336 g/mol. The first-order valence-corrected chi connectivity index (χ1v) is 9.20. The van der Waals surface area contributed by atoms with Crippen molar-refractivity contribution >= 4 is 29.0 Å². The average molecular weight is 358 g/mol. The number of methoxy groups -OCH3 is 2. The van der Waals surface area contributed by atoms with Crippen molar-refractivity contribution < 1.29 is 14.3 Å². The number of nitrogens with zero attached hydrogens (tertiary/aromatic N) is 1. The van der Waals surface area contributed by atoms with Crippen molar-refractivity contribution in [3.63, 3.8) is 0 Å². The van der Waals surface area contributed by atoms with Crippen molar-refractivity contribution in [1.29, 1.82) is 0 Å². The van der Waals surface area contributed by atoms with Crippen LogP contribution >= 0.6 is 11.8 Å². The molecule has 1 aliphatic rings. The molecule has 1 amide bonds. The number of ether oxygens (including phenoxy) is 2. The van der Waals surface area contributed by atoms with Gasteiger partial charge in [-0.15, -0.1) is 11.8 Å². The standard InChI is InChI=1S/C19H22N2O3S/c1-4-21-9-10-25-18-8-5-13(11-16(18)21)19(22)20-15-12-14(23-2)6-7-17(15)24-3/h5-8,11-12H,4,9-10H2,1-3H3,(H,20,22). The van der Waals surface area contributed by atoms with Crippen LogP contribution in [0.1, 0.15) is 17.3 Å². The third-order valence-corrected chi connectivity index (χ3v) is 5.26. The Morgan fingerprint density at radius 2 is 2.04 bits per heavy atom. The fourth-order valence-electron chi connectivity index (χ4n) is 2.85. The molecule has 5 nitrogen and oxygen atoms in total. The lowest BCUT2D eigenvalue weighted by molar-refractivity contribution is 0.102. The highest BCUT2D eigenvalue weighted by Gasteiger charge is 2.19. The fraction of sp³-hybridized carbons (Fsp3) is 0.316. The number of nitrogens with one attached hydrogen (secondary N) is 1. The highest BCUT2D eigenvalue weighted by molar-refractivity contribution is 7.99. The van der Waals surface area contributed by atoms with Crippen LogP contribution in [0.2, 0.25) is 0 Å². The lowest BCUT2D eigenvalue weighted by atomic mass is 10.1. The molecule has 0 radical (unpaired) electrons. The van der Waals surface area contributed by atoms with Crippen LogP contribution < -0.4 is 19.7 Å². The molecule has 2 aromatic carbocycles. The molecule has 0 saturated heterocycles. The Kier molecular flexibility index (Phi) is 5.38. The molecule has 0 saturated carbocycles. The van der Waals surface area contributed by atoms with Gasteiger partial charge >= 0.3 is 0 Å². The van der Waals surface area contributed by atoms with Crippen molar-refractivity contribution in [2.75, 3.05) is 43.3 Å². The lowest BCUT2D eigenvalue weighted by Crippen LogP contribution is -2.29. The first-order chi connectivity index (χ1) is 12.2. The minimum Gasteiger partial charge on any atom is -0.497 e. The predicted octanol–water partition coefficient (Wildman–Crippen LogP) is 3.89. The topological polar surface area (TPSA) is 50.8 Å². The zero-order valence-electron chi connectivity index (χ0n) is 14.7. The van der Waals surface area contributed by atoms with Gasteiger partial charge in [-0.25, -0.2) is 0 Å². The Morgan fingerprint density at radius 1 is 1.20 bits per heavy atom. The minimum atomic E-state index is -0.166. The van der Waals surface area contributed by atoms with Crippen LogP contribution in [-0.4, -0.2) is 39.0 Å². The van der Waals surface area contributed by atoms with E-state index in [0.29, 0.717) is 22.7 Å². The number of fused-ring (bicyclic) bond motifs is 1. The predicted molar refractivity (Wildman–Crippen MR) is 103 cm³/mol. The van der Waals surface area contributed by atoms with Gasteiger partial charge in [0, 0.05) is 35.4 Å². The normalized spacial score (nSPS) is 13.2. The molecule has 1 aliphatic heterocycles. The number of benzene rings is 2. The van der Waals surface area contributed by atoms with Crippen molar-refractivity contribution in [3.05, 3.63) is 42.0 Å². The van der Waals surface area contributed by atoms with E-state index in [0.717, 1.165) is 24.5 Å². The number of thioether (sulfide) groups is 1. The number of carbonyl (C=O) groups excluding carboxylic acids is 1. The molecule has 0 spiro atoms. The molecule has 0 aliphatic carbocycles. The van der Waals surface area contributed by atoms with Crippen LogP contribution in [0, 0.1) is 0 Å². The lowest BCUT2D eigenvalue weighted by Gasteiger charge is -2.30. The van der Waals surface area contributed by atoms with E-state index in [1.165, 1.54) is 4.90 Å². The largest absolute Gasteiger partial charge is 0.497 e. The monoisotopic (exact) mass is 358 g/mol. The van der Waals surface area contributed by atoms with E-state index in [2.05, 4.69) is 17.1 Å². The Labute approximate surface area is 152 Å². The second-order valence-electron chi connectivity index (χ2n) is 5.63.